The molecule has 8 heteroatoms. The van der Waals surface area contributed by atoms with Crippen molar-refractivity contribution in [2.45, 2.75) is 12.5 Å². The molecule has 1 atom stereocenters. The summed E-state index contributed by atoms with van der Waals surface area (Å²) in [5.41, 5.74) is 11.5. The zero-order valence-corrected chi connectivity index (χ0v) is 9.83. The number of nitrogens with two attached hydrogens (primary N) is 2. The maximum absolute atomic E-state index is 10.6. The average molecular weight is 262 g/mol. The first-order chi connectivity index (χ1) is 7.70. The molecule has 0 radical (unpaired) electrons. The first-order valence-corrected chi connectivity index (χ1v) is 6.14. The normalized spacial score (nSPS) is 12.2. The minimum Gasteiger partial charge on any atom is -0.368 e. The van der Waals surface area contributed by atoms with Crippen molar-refractivity contribution in [3.63, 3.8) is 0 Å². The van der Waals surface area contributed by atoms with Gasteiger partial charge in [0.2, 0.25) is 5.91 Å². The fraction of sp³-hybridized carbons (Fsp3) is 0.222. The monoisotopic (exact) mass is 262 g/mol. The van der Waals surface area contributed by atoms with Gasteiger partial charge in [-0.15, -0.1) is 0 Å². The highest BCUT2D eigenvalue weighted by molar-refractivity contribution is 7.45. The number of amides is 1. The molecule has 0 aromatic heterocycles. The number of rotatable bonds is 3. The third-order valence-corrected chi connectivity index (χ3v) is 1.66. The summed E-state index contributed by atoms with van der Waals surface area (Å²) >= 11 is 0. The van der Waals surface area contributed by atoms with Crippen LogP contribution in [0.25, 0.3) is 0 Å². The lowest BCUT2D eigenvalue weighted by atomic mass is 10.1. The van der Waals surface area contributed by atoms with E-state index in [2.05, 4.69) is 0 Å². The van der Waals surface area contributed by atoms with Crippen LogP contribution >= 0.6 is 7.82 Å². The summed E-state index contributed by atoms with van der Waals surface area (Å²) in [7, 11) is -4.64. The maximum Gasteiger partial charge on any atom is 0.466 e. The topological polar surface area (TPSA) is 147 Å². The molecule has 0 bridgehead atoms. The van der Waals surface area contributed by atoms with Gasteiger partial charge in [-0.2, -0.15) is 0 Å². The number of hydrogen-bond donors (Lipinski definition) is 5. The van der Waals surface area contributed by atoms with Crippen LogP contribution in [0.15, 0.2) is 30.3 Å². The predicted molar refractivity (Wildman–Crippen MR) is 61.6 cm³/mol. The molecule has 0 spiro atoms. The Morgan fingerprint density at radius 1 is 1.24 bits per heavy atom. The summed E-state index contributed by atoms with van der Waals surface area (Å²) in [6, 6.07) is 8.99. The van der Waals surface area contributed by atoms with E-state index in [0.29, 0.717) is 6.42 Å². The second kappa shape index (κ2) is 7.16. The number of carbonyl (C=O) groups excluding carboxylic acids is 1. The molecule has 1 rings (SSSR count). The number of benzene rings is 1. The molecule has 0 heterocycles. The zero-order chi connectivity index (χ0) is 13.5. The Labute approximate surface area is 98.3 Å². The molecule has 0 aliphatic heterocycles. The van der Waals surface area contributed by atoms with Crippen molar-refractivity contribution in [2.24, 2.45) is 11.5 Å². The molecule has 0 saturated carbocycles. The smallest absolute Gasteiger partial charge is 0.368 e. The molecule has 7 N–H and O–H groups in total. The van der Waals surface area contributed by atoms with E-state index < -0.39 is 19.8 Å². The SMILES string of the molecule is NC(=O)[C@@H](N)Cc1ccccc1.O=P(O)(O)O. The summed E-state index contributed by atoms with van der Waals surface area (Å²) in [6.07, 6.45) is 0.510. The van der Waals surface area contributed by atoms with Crippen molar-refractivity contribution in [1.82, 2.24) is 0 Å². The highest BCUT2D eigenvalue weighted by Gasteiger charge is 2.08. The lowest BCUT2D eigenvalue weighted by Gasteiger charge is -2.06. The van der Waals surface area contributed by atoms with Crippen LogP contribution in [-0.4, -0.2) is 26.6 Å². The minimum atomic E-state index is -4.64. The van der Waals surface area contributed by atoms with Gasteiger partial charge in [0.25, 0.3) is 0 Å². The van der Waals surface area contributed by atoms with E-state index in [1.165, 1.54) is 0 Å². The molecule has 0 saturated heterocycles. The largest absolute Gasteiger partial charge is 0.466 e. The number of phosphoric acid groups is 1. The van der Waals surface area contributed by atoms with Crippen LogP contribution in [0.2, 0.25) is 0 Å². The number of carbonyl (C=O) groups is 1. The summed E-state index contributed by atoms with van der Waals surface area (Å²) in [4.78, 5) is 32.2. The molecule has 0 aliphatic carbocycles. The van der Waals surface area contributed by atoms with Crippen LogP contribution in [0.5, 0.6) is 0 Å². The number of hydrogen-bond acceptors (Lipinski definition) is 3. The van der Waals surface area contributed by atoms with Crippen LogP contribution in [-0.2, 0) is 15.8 Å². The number of primary amides is 1. The molecule has 1 amide bonds. The van der Waals surface area contributed by atoms with Gasteiger partial charge >= 0.3 is 7.82 Å². The van der Waals surface area contributed by atoms with Crippen molar-refractivity contribution in [2.75, 3.05) is 0 Å². The van der Waals surface area contributed by atoms with E-state index in [1.54, 1.807) is 0 Å². The fourth-order valence-electron chi connectivity index (χ4n) is 0.969. The Kier molecular flexibility index (Phi) is 6.64. The lowest BCUT2D eigenvalue weighted by molar-refractivity contribution is -0.119. The van der Waals surface area contributed by atoms with E-state index in [1.807, 2.05) is 30.3 Å². The first-order valence-electron chi connectivity index (χ1n) is 4.57. The van der Waals surface area contributed by atoms with Gasteiger partial charge in [-0.05, 0) is 12.0 Å². The summed E-state index contributed by atoms with van der Waals surface area (Å²) in [5.74, 6) is -0.459. The Morgan fingerprint density at radius 3 is 2.00 bits per heavy atom. The van der Waals surface area contributed by atoms with Gasteiger partial charge in [0.1, 0.15) is 0 Å². The van der Waals surface area contributed by atoms with Crippen LogP contribution in [0, 0.1) is 0 Å². The van der Waals surface area contributed by atoms with Crippen molar-refractivity contribution in [3.05, 3.63) is 35.9 Å². The third kappa shape index (κ3) is 11.0. The van der Waals surface area contributed by atoms with Gasteiger partial charge in [-0.3, -0.25) is 4.79 Å². The van der Waals surface area contributed by atoms with Gasteiger partial charge in [-0.25, -0.2) is 4.57 Å². The quantitative estimate of drug-likeness (QED) is 0.446. The van der Waals surface area contributed by atoms with Crippen molar-refractivity contribution >= 4 is 13.7 Å². The summed E-state index contributed by atoms with van der Waals surface area (Å²) in [6.45, 7) is 0. The molecule has 1 aromatic carbocycles. The summed E-state index contributed by atoms with van der Waals surface area (Å²) < 4.78 is 8.88. The fourth-order valence-corrected chi connectivity index (χ4v) is 0.969. The average Bonchev–Trinajstić information content (AvgIpc) is 2.16. The zero-order valence-electron chi connectivity index (χ0n) is 8.93. The van der Waals surface area contributed by atoms with E-state index in [-0.39, 0.29) is 0 Å². The molecule has 0 aliphatic rings. The van der Waals surface area contributed by atoms with Crippen LogP contribution in [0.1, 0.15) is 5.56 Å². The molecule has 1 aromatic rings. The van der Waals surface area contributed by atoms with Gasteiger partial charge in [0.05, 0.1) is 6.04 Å². The van der Waals surface area contributed by atoms with Gasteiger partial charge in [-0.1, -0.05) is 30.3 Å². The summed E-state index contributed by atoms with van der Waals surface area (Å²) in [5, 5.41) is 0. The molecule has 7 nitrogen and oxygen atoms in total. The van der Waals surface area contributed by atoms with E-state index in [4.69, 9.17) is 30.7 Å². The molecular weight excluding hydrogens is 247 g/mol. The van der Waals surface area contributed by atoms with Gasteiger partial charge in [0.15, 0.2) is 0 Å². The lowest BCUT2D eigenvalue weighted by Crippen LogP contribution is -2.38. The highest BCUT2D eigenvalue weighted by Crippen LogP contribution is 2.25. The highest BCUT2D eigenvalue weighted by atomic mass is 31.2. The Morgan fingerprint density at radius 2 is 1.65 bits per heavy atom. The van der Waals surface area contributed by atoms with Crippen LogP contribution in [0.3, 0.4) is 0 Å². The van der Waals surface area contributed by atoms with Crippen LogP contribution in [0.4, 0.5) is 0 Å². The van der Waals surface area contributed by atoms with E-state index in [9.17, 15) is 4.79 Å². The van der Waals surface area contributed by atoms with Crippen molar-refractivity contribution in [1.29, 1.82) is 0 Å². The molecule has 96 valence electrons. The van der Waals surface area contributed by atoms with Gasteiger partial charge < -0.3 is 26.1 Å². The Balaban J connectivity index is 0.000000437. The first kappa shape index (κ1) is 15.8. The molecule has 0 fully saturated rings. The molecule has 0 unspecified atom stereocenters. The van der Waals surface area contributed by atoms with E-state index >= 15 is 0 Å². The van der Waals surface area contributed by atoms with E-state index in [0.717, 1.165) is 5.56 Å². The Bertz CT molecular complexity index is 383. The standard InChI is InChI=1S/C9H12N2O.H3O4P/c10-8(9(11)12)6-7-4-2-1-3-5-7;1-5(2,3)4/h1-5,8H,6,10H2,(H2,11,12);(H3,1,2,3,4)/t8-;/m0./s1. The second-order valence-electron chi connectivity index (χ2n) is 3.21. The predicted octanol–water partition coefficient (Wildman–Crippen LogP) is -0.887. The van der Waals surface area contributed by atoms with Crippen molar-refractivity contribution < 1.29 is 24.0 Å². The maximum atomic E-state index is 10.6. The van der Waals surface area contributed by atoms with Crippen LogP contribution < -0.4 is 11.5 Å². The molecular formula is C9H15N2O5P. The van der Waals surface area contributed by atoms with Gasteiger partial charge in [0, 0.05) is 0 Å². The third-order valence-electron chi connectivity index (χ3n) is 1.66. The molecule has 17 heavy (non-hydrogen) atoms. The Hall–Kier alpha value is -1.24. The minimum absolute atomic E-state index is 0.459. The van der Waals surface area contributed by atoms with Crippen molar-refractivity contribution in [3.8, 4) is 0 Å². The second-order valence-corrected chi connectivity index (χ2v) is 4.24.